The van der Waals surface area contributed by atoms with Gasteiger partial charge in [-0.3, -0.25) is 4.79 Å². The van der Waals surface area contributed by atoms with Crippen LogP contribution in [-0.4, -0.2) is 11.1 Å². The van der Waals surface area contributed by atoms with Gasteiger partial charge in [-0.25, -0.2) is 0 Å². The van der Waals surface area contributed by atoms with Crippen molar-refractivity contribution in [3.05, 3.63) is 77.0 Å². The van der Waals surface area contributed by atoms with Crippen molar-refractivity contribution >= 4 is 5.91 Å². The lowest BCUT2D eigenvalue weighted by atomic mass is 9.86. The van der Waals surface area contributed by atoms with E-state index in [9.17, 15) is 4.79 Å². The second kappa shape index (κ2) is 9.44. The molecule has 1 amide bonds. The van der Waals surface area contributed by atoms with E-state index in [1.165, 1.54) is 31.2 Å². The first-order valence-electron chi connectivity index (χ1n) is 11.3. The van der Waals surface area contributed by atoms with Gasteiger partial charge in [-0.05, 0) is 48.1 Å². The first-order chi connectivity index (χ1) is 15.4. The Balaban J connectivity index is 1.33. The number of nitrogens with zero attached hydrogens (tertiary/aromatic N) is 1. The molecule has 4 nitrogen and oxygen atoms in total. The molecule has 1 fully saturated rings. The number of benzene rings is 2. The van der Waals surface area contributed by atoms with Crippen molar-refractivity contribution in [2.75, 3.05) is 0 Å². The van der Waals surface area contributed by atoms with Gasteiger partial charge in [-0.1, -0.05) is 74.9 Å². The van der Waals surface area contributed by atoms with Crippen LogP contribution in [-0.2, 0) is 12.0 Å². The molecule has 32 heavy (non-hydrogen) atoms. The molecule has 0 unspecified atom stereocenters. The third kappa shape index (κ3) is 5.48. The van der Waals surface area contributed by atoms with E-state index in [2.05, 4.69) is 67.4 Å². The number of hydrogen-bond donors (Lipinski definition) is 1. The Morgan fingerprint density at radius 2 is 1.75 bits per heavy atom. The fourth-order valence-electron chi connectivity index (χ4n) is 3.90. The maximum atomic E-state index is 12.5. The number of rotatable bonds is 4. The molecule has 0 saturated heterocycles. The third-order valence-corrected chi connectivity index (χ3v) is 5.95. The molecule has 3 aromatic rings. The molecule has 1 N–H and O–H groups in total. The highest BCUT2D eigenvalue weighted by Crippen LogP contribution is 2.26. The van der Waals surface area contributed by atoms with Crippen LogP contribution in [0.25, 0.3) is 11.3 Å². The lowest BCUT2D eigenvalue weighted by Crippen LogP contribution is -2.22. The van der Waals surface area contributed by atoms with E-state index in [4.69, 9.17) is 4.52 Å². The molecule has 0 bridgehead atoms. The van der Waals surface area contributed by atoms with Gasteiger partial charge >= 0.3 is 0 Å². The molecule has 1 aliphatic carbocycles. The second-order valence-electron chi connectivity index (χ2n) is 9.52. The lowest BCUT2D eigenvalue weighted by molar-refractivity contribution is 0.0947. The molecule has 0 spiro atoms. The van der Waals surface area contributed by atoms with Gasteiger partial charge in [0, 0.05) is 28.7 Å². The van der Waals surface area contributed by atoms with E-state index in [0.29, 0.717) is 17.2 Å². The predicted molar refractivity (Wildman–Crippen MR) is 127 cm³/mol. The zero-order chi connectivity index (χ0) is 22.6. The Bertz CT molecular complexity index is 1120. The third-order valence-electron chi connectivity index (χ3n) is 5.95. The van der Waals surface area contributed by atoms with Crippen LogP contribution < -0.4 is 5.32 Å². The molecule has 2 aromatic carbocycles. The minimum Gasteiger partial charge on any atom is -0.359 e. The first-order valence-corrected chi connectivity index (χ1v) is 11.3. The van der Waals surface area contributed by atoms with Crippen molar-refractivity contribution in [1.82, 2.24) is 10.5 Å². The average molecular weight is 427 g/mol. The summed E-state index contributed by atoms with van der Waals surface area (Å²) in [5.74, 6) is 7.59. The number of aromatic nitrogens is 1. The zero-order valence-corrected chi connectivity index (χ0v) is 19.1. The Morgan fingerprint density at radius 1 is 1.06 bits per heavy atom. The minimum absolute atomic E-state index is 0.110. The minimum atomic E-state index is -0.146. The van der Waals surface area contributed by atoms with E-state index < -0.39 is 0 Å². The summed E-state index contributed by atoms with van der Waals surface area (Å²) in [5.41, 5.74) is 4.69. The van der Waals surface area contributed by atoms with Gasteiger partial charge in [0.25, 0.3) is 5.91 Å². The van der Waals surface area contributed by atoms with Crippen molar-refractivity contribution in [2.24, 2.45) is 5.92 Å². The van der Waals surface area contributed by atoms with Gasteiger partial charge in [0.1, 0.15) is 5.69 Å². The number of carbonyl (C=O) groups excluding carboxylic acids is 1. The van der Waals surface area contributed by atoms with Crippen molar-refractivity contribution in [2.45, 2.75) is 58.4 Å². The van der Waals surface area contributed by atoms with Crippen LogP contribution in [0.2, 0.25) is 0 Å². The maximum Gasteiger partial charge on any atom is 0.251 e. The normalized spacial score (nSPS) is 14.1. The highest BCUT2D eigenvalue weighted by molar-refractivity contribution is 5.94. The van der Waals surface area contributed by atoms with Crippen molar-refractivity contribution in [3.8, 4) is 23.1 Å². The molecule has 1 aliphatic rings. The van der Waals surface area contributed by atoms with E-state index in [-0.39, 0.29) is 17.9 Å². The summed E-state index contributed by atoms with van der Waals surface area (Å²) in [6, 6.07) is 17.7. The molecule has 4 rings (SSSR count). The van der Waals surface area contributed by atoms with Crippen LogP contribution in [0.3, 0.4) is 0 Å². The molecular formula is C28H30N2O2. The standard InChI is InChI=1S/C28H30N2O2/c1-28(2,3)24-16-14-22(15-17-24)26-18-25(32-30-26)19-29-27(31)23-12-10-21(11-13-23)9-8-20-6-4-5-7-20/h10-18,20H,4-7,19H2,1-3H3,(H,29,31). The lowest BCUT2D eigenvalue weighted by Gasteiger charge is -2.18. The summed E-state index contributed by atoms with van der Waals surface area (Å²) in [7, 11) is 0. The molecule has 0 atom stereocenters. The van der Waals surface area contributed by atoms with Crippen molar-refractivity contribution in [1.29, 1.82) is 0 Å². The summed E-state index contributed by atoms with van der Waals surface area (Å²) >= 11 is 0. The molecule has 1 saturated carbocycles. The molecule has 4 heteroatoms. The van der Waals surface area contributed by atoms with E-state index >= 15 is 0 Å². The Kier molecular flexibility index (Phi) is 6.46. The summed E-state index contributed by atoms with van der Waals surface area (Å²) in [5, 5.41) is 7.05. The fraction of sp³-hybridized carbons (Fsp3) is 0.357. The van der Waals surface area contributed by atoms with Crippen LogP contribution >= 0.6 is 0 Å². The first kappa shape index (κ1) is 21.9. The number of nitrogens with one attached hydrogen (secondary N) is 1. The highest BCUT2D eigenvalue weighted by atomic mass is 16.5. The van der Waals surface area contributed by atoms with Crippen molar-refractivity contribution < 1.29 is 9.32 Å². The quantitative estimate of drug-likeness (QED) is 0.512. The maximum absolute atomic E-state index is 12.5. The molecule has 164 valence electrons. The van der Waals surface area contributed by atoms with Crippen LogP contribution in [0.15, 0.2) is 59.1 Å². The van der Waals surface area contributed by atoms with Gasteiger partial charge < -0.3 is 9.84 Å². The SMILES string of the molecule is CC(C)(C)c1ccc(-c2cc(CNC(=O)c3ccc(C#CC4CCCC4)cc3)on2)cc1. The summed E-state index contributed by atoms with van der Waals surface area (Å²) in [4.78, 5) is 12.5. The summed E-state index contributed by atoms with van der Waals surface area (Å²) < 4.78 is 5.42. The predicted octanol–water partition coefficient (Wildman–Crippen LogP) is 6.11. The number of amides is 1. The van der Waals surface area contributed by atoms with Crippen molar-refractivity contribution in [3.63, 3.8) is 0 Å². The van der Waals surface area contributed by atoms with Crippen LogP contribution in [0.1, 0.15) is 73.7 Å². The average Bonchev–Trinajstić information content (AvgIpc) is 3.48. The van der Waals surface area contributed by atoms with E-state index in [1.54, 1.807) is 0 Å². The summed E-state index contributed by atoms with van der Waals surface area (Å²) in [6.45, 7) is 6.86. The monoisotopic (exact) mass is 426 g/mol. The Labute approximate surface area is 190 Å². The number of carbonyl (C=O) groups is 1. The zero-order valence-electron chi connectivity index (χ0n) is 19.1. The smallest absolute Gasteiger partial charge is 0.251 e. The van der Waals surface area contributed by atoms with Crippen LogP contribution in [0, 0.1) is 17.8 Å². The van der Waals surface area contributed by atoms with Gasteiger partial charge in [-0.2, -0.15) is 0 Å². The number of hydrogen-bond acceptors (Lipinski definition) is 3. The molecule has 1 heterocycles. The van der Waals surface area contributed by atoms with Crippen LogP contribution in [0.4, 0.5) is 0 Å². The largest absolute Gasteiger partial charge is 0.359 e. The molecular weight excluding hydrogens is 396 g/mol. The second-order valence-corrected chi connectivity index (χ2v) is 9.52. The Hall–Kier alpha value is -3.32. The Morgan fingerprint density at radius 3 is 2.41 bits per heavy atom. The van der Waals surface area contributed by atoms with Gasteiger partial charge in [0.15, 0.2) is 5.76 Å². The van der Waals surface area contributed by atoms with Crippen LogP contribution in [0.5, 0.6) is 0 Å². The molecule has 1 aromatic heterocycles. The molecule has 0 radical (unpaired) electrons. The van der Waals surface area contributed by atoms with Gasteiger partial charge in [-0.15, -0.1) is 0 Å². The van der Waals surface area contributed by atoms with E-state index in [1.807, 2.05) is 30.3 Å². The highest BCUT2D eigenvalue weighted by Gasteiger charge is 2.15. The van der Waals surface area contributed by atoms with Gasteiger partial charge in [0.05, 0.1) is 6.54 Å². The topological polar surface area (TPSA) is 55.1 Å². The fourth-order valence-corrected chi connectivity index (χ4v) is 3.90. The van der Waals surface area contributed by atoms with E-state index in [0.717, 1.165) is 16.8 Å². The summed E-state index contributed by atoms with van der Waals surface area (Å²) in [6.07, 6.45) is 4.99. The van der Waals surface area contributed by atoms with Gasteiger partial charge in [0.2, 0.25) is 0 Å². The molecule has 0 aliphatic heterocycles.